The fourth-order valence-corrected chi connectivity index (χ4v) is 3.47. The Bertz CT molecular complexity index is 911. The average Bonchev–Trinajstić information content (AvgIpc) is 2.66. The number of halogens is 3. The van der Waals surface area contributed by atoms with E-state index in [1.165, 1.54) is 38.4 Å². The predicted molar refractivity (Wildman–Crippen MR) is 96.5 cm³/mol. The Hall–Kier alpha value is -2.59. The molecule has 2 aromatic carbocycles. The van der Waals surface area contributed by atoms with Crippen LogP contribution in [0.25, 0.3) is 0 Å². The van der Waals surface area contributed by atoms with Gasteiger partial charge in [0.2, 0.25) is 10.0 Å². The van der Waals surface area contributed by atoms with Gasteiger partial charge in [0, 0.05) is 19.2 Å². The fraction of sp³-hybridized carbons (Fsp3) is 0.278. The van der Waals surface area contributed by atoms with Crippen molar-refractivity contribution in [3.05, 3.63) is 59.7 Å². The molecule has 0 aromatic heterocycles. The minimum Gasteiger partial charge on any atom is -0.497 e. The SMILES string of the molecule is COc1ccc(CN(C)S(=O)(=O)c2ccc(C(=O)NCC(F)(F)F)cc2)cc1. The van der Waals surface area contributed by atoms with Crippen molar-refractivity contribution in [2.24, 2.45) is 0 Å². The molecule has 6 nitrogen and oxygen atoms in total. The van der Waals surface area contributed by atoms with Gasteiger partial charge in [-0.2, -0.15) is 17.5 Å². The summed E-state index contributed by atoms with van der Waals surface area (Å²) < 4.78 is 67.9. The summed E-state index contributed by atoms with van der Waals surface area (Å²) in [5.74, 6) is -0.290. The summed E-state index contributed by atoms with van der Waals surface area (Å²) in [6.07, 6.45) is -4.52. The van der Waals surface area contributed by atoms with Gasteiger partial charge in [0.15, 0.2) is 0 Å². The topological polar surface area (TPSA) is 75.7 Å². The lowest BCUT2D eigenvalue weighted by molar-refractivity contribution is -0.123. The molecule has 0 aliphatic carbocycles. The molecule has 10 heteroatoms. The van der Waals surface area contributed by atoms with Crippen LogP contribution in [0, 0.1) is 0 Å². The maximum atomic E-state index is 12.6. The highest BCUT2D eigenvalue weighted by Gasteiger charge is 2.28. The van der Waals surface area contributed by atoms with Crippen molar-refractivity contribution in [3.63, 3.8) is 0 Å². The summed E-state index contributed by atoms with van der Waals surface area (Å²) in [4.78, 5) is 11.6. The number of amides is 1. The highest BCUT2D eigenvalue weighted by molar-refractivity contribution is 7.89. The molecule has 1 N–H and O–H groups in total. The van der Waals surface area contributed by atoms with Gasteiger partial charge in [0.1, 0.15) is 12.3 Å². The predicted octanol–water partition coefficient (Wildman–Crippen LogP) is 2.81. The Morgan fingerprint density at radius 3 is 2.14 bits per heavy atom. The lowest BCUT2D eigenvalue weighted by atomic mass is 10.2. The van der Waals surface area contributed by atoms with Gasteiger partial charge in [-0.1, -0.05) is 12.1 Å². The molecule has 0 heterocycles. The molecule has 28 heavy (non-hydrogen) atoms. The monoisotopic (exact) mass is 416 g/mol. The Morgan fingerprint density at radius 1 is 1.07 bits per heavy atom. The van der Waals surface area contributed by atoms with Crippen molar-refractivity contribution < 1.29 is 31.1 Å². The molecule has 0 atom stereocenters. The lowest BCUT2D eigenvalue weighted by Gasteiger charge is -2.18. The van der Waals surface area contributed by atoms with Crippen molar-refractivity contribution in [2.75, 3.05) is 20.7 Å². The normalized spacial score (nSPS) is 12.1. The summed E-state index contributed by atoms with van der Waals surface area (Å²) in [6.45, 7) is -1.35. The van der Waals surface area contributed by atoms with Crippen molar-refractivity contribution in [3.8, 4) is 5.75 Å². The molecule has 0 fully saturated rings. The first-order valence-electron chi connectivity index (χ1n) is 8.07. The molecule has 0 aliphatic rings. The Kier molecular flexibility index (Phi) is 6.68. The lowest BCUT2D eigenvalue weighted by Crippen LogP contribution is -2.33. The number of ether oxygens (including phenoxy) is 1. The summed E-state index contributed by atoms with van der Waals surface area (Å²) in [5.41, 5.74) is 0.677. The van der Waals surface area contributed by atoms with E-state index >= 15 is 0 Å². The number of carbonyl (C=O) groups is 1. The molecule has 0 unspecified atom stereocenters. The van der Waals surface area contributed by atoms with Gasteiger partial charge in [-0.25, -0.2) is 8.42 Å². The van der Waals surface area contributed by atoms with Gasteiger partial charge in [-0.05, 0) is 42.0 Å². The third-order valence-corrected chi connectivity index (χ3v) is 5.66. The zero-order chi connectivity index (χ0) is 20.9. The second kappa shape index (κ2) is 8.61. The van der Waals surface area contributed by atoms with Crippen molar-refractivity contribution >= 4 is 15.9 Å². The second-order valence-electron chi connectivity index (χ2n) is 5.93. The fourth-order valence-electron chi connectivity index (χ4n) is 2.31. The van der Waals surface area contributed by atoms with Gasteiger partial charge in [-0.3, -0.25) is 4.79 Å². The molecule has 2 rings (SSSR count). The highest BCUT2D eigenvalue weighted by atomic mass is 32.2. The summed E-state index contributed by atoms with van der Waals surface area (Å²) in [7, 11) is -0.908. The number of rotatable bonds is 7. The summed E-state index contributed by atoms with van der Waals surface area (Å²) in [5, 5.41) is 1.73. The number of nitrogens with one attached hydrogen (secondary N) is 1. The molecule has 0 aliphatic heterocycles. The van der Waals surface area contributed by atoms with Gasteiger partial charge in [-0.15, -0.1) is 0 Å². The number of carbonyl (C=O) groups excluding carboxylic acids is 1. The van der Waals surface area contributed by atoms with E-state index < -0.39 is 28.7 Å². The van der Waals surface area contributed by atoms with E-state index in [2.05, 4.69) is 0 Å². The van der Waals surface area contributed by atoms with E-state index in [1.807, 2.05) is 0 Å². The molecular formula is C18H19F3N2O4S. The molecule has 0 bridgehead atoms. The van der Waals surface area contributed by atoms with Crippen molar-refractivity contribution in [1.29, 1.82) is 0 Å². The molecule has 0 radical (unpaired) electrons. The molecule has 2 aromatic rings. The molecular weight excluding hydrogens is 397 g/mol. The molecule has 0 saturated carbocycles. The van der Waals surface area contributed by atoms with E-state index in [-0.39, 0.29) is 17.0 Å². The van der Waals surface area contributed by atoms with Gasteiger partial charge in [0.05, 0.1) is 12.0 Å². The smallest absolute Gasteiger partial charge is 0.405 e. The number of hydrogen-bond donors (Lipinski definition) is 1. The van der Waals surface area contributed by atoms with Crippen LogP contribution in [0.15, 0.2) is 53.4 Å². The van der Waals surface area contributed by atoms with Crippen LogP contribution in [0.1, 0.15) is 15.9 Å². The van der Waals surface area contributed by atoms with E-state index in [0.717, 1.165) is 9.87 Å². The molecule has 0 spiro atoms. The number of alkyl halides is 3. The first-order valence-corrected chi connectivity index (χ1v) is 9.51. The maximum Gasteiger partial charge on any atom is 0.405 e. The quantitative estimate of drug-likeness (QED) is 0.753. The van der Waals surface area contributed by atoms with E-state index in [4.69, 9.17) is 4.74 Å². The molecule has 152 valence electrons. The van der Waals surface area contributed by atoms with Crippen LogP contribution in [0.4, 0.5) is 13.2 Å². The number of sulfonamides is 1. The maximum absolute atomic E-state index is 12.6. The number of nitrogens with zero attached hydrogens (tertiary/aromatic N) is 1. The minimum atomic E-state index is -4.52. The third-order valence-electron chi connectivity index (χ3n) is 3.84. The van der Waals surface area contributed by atoms with E-state index in [0.29, 0.717) is 5.75 Å². The summed E-state index contributed by atoms with van der Waals surface area (Å²) >= 11 is 0. The zero-order valence-corrected chi connectivity index (χ0v) is 16.0. The van der Waals surface area contributed by atoms with E-state index in [9.17, 15) is 26.4 Å². The number of hydrogen-bond acceptors (Lipinski definition) is 4. The van der Waals surface area contributed by atoms with E-state index in [1.54, 1.807) is 29.6 Å². The van der Waals surface area contributed by atoms with Crippen LogP contribution in [0.3, 0.4) is 0 Å². The van der Waals surface area contributed by atoms with Crippen LogP contribution in [0.2, 0.25) is 0 Å². The van der Waals surface area contributed by atoms with Crippen LogP contribution >= 0.6 is 0 Å². The highest BCUT2D eigenvalue weighted by Crippen LogP contribution is 2.19. The first-order chi connectivity index (χ1) is 13.0. The van der Waals surface area contributed by atoms with Gasteiger partial charge < -0.3 is 10.1 Å². The Morgan fingerprint density at radius 2 is 1.64 bits per heavy atom. The average molecular weight is 416 g/mol. The standard InChI is InChI=1S/C18H19F3N2O4S/c1-23(11-13-3-7-15(27-2)8-4-13)28(25,26)16-9-5-14(6-10-16)17(24)22-12-18(19,20)21/h3-10H,11-12H2,1-2H3,(H,22,24). The molecule has 1 amide bonds. The van der Waals surface area contributed by atoms with Gasteiger partial charge in [0.25, 0.3) is 5.91 Å². The van der Waals surface area contributed by atoms with Gasteiger partial charge >= 0.3 is 6.18 Å². The summed E-state index contributed by atoms with van der Waals surface area (Å²) in [6, 6.07) is 11.6. The van der Waals surface area contributed by atoms with Crippen LogP contribution in [0.5, 0.6) is 5.75 Å². The van der Waals surface area contributed by atoms with Crippen LogP contribution < -0.4 is 10.1 Å². The minimum absolute atomic E-state index is 0.0685. The second-order valence-corrected chi connectivity index (χ2v) is 7.98. The van der Waals surface area contributed by atoms with Crippen molar-refractivity contribution in [1.82, 2.24) is 9.62 Å². The molecule has 0 saturated heterocycles. The Balaban J connectivity index is 2.08. The van der Waals surface area contributed by atoms with Crippen LogP contribution in [-0.2, 0) is 16.6 Å². The first kappa shape index (κ1) is 21.7. The number of methoxy groups -OCH3 is 1. The number of benzene rings is 2. The van der Waals surface area contributed by atoms with Crippen molar-refractivity contribution in [2.45, 2.75) is 17.6 Å². The van der Waals surface area contributed by atoms with Crippen LogP contribution in [-0.4, -0.2) is 45.5 Å². The zero-order valence-electron chi connectivity index (χ0n) is 15.2. The largest absolute Gasteiger partial charge is 0.497 e. The Labute approximate surface area is 161 Å². The third kappa shape index (κ3) is 5.70.